The van der Waals surface area contributed by atoms with Gasteiger partial charge in [0.05, 0.1) is 12.2 Å². The van der Waals surface area contributed by atoms with Gasteiger partial charge in [-0.05, 0) is 26.0 Å². The summed E-state index contributed by atoms with van der Waals surface area (Å²) in [5.74, 6) is -0.0134. The smallest absolute Gasteiger partial charge is 0.260 e. The zero-order valence-corrected chi connectivity index (χ0v) is 11.1. The maximum Gasteiger partial charge on any atom is 0.260 e. The van der Waals surface area contributed by atoms with E-state index in [1.54, 1.807) is 19.1 Å². The molecule has 1 atom stereocenters. The molecule has 0 saturated heterocycles. The summed E-state index contributed by atoms with van der Waals surface area (Å²) in [5, 5.41) is 3.80. The Morgan fingerprint density at radius 2 is 2.21 bits per heavy atom. The Kier molecular flexibility index (Phi) is 3.64. The van der Waals surface area contributed by atoms with E-state index >= 15 is 0 Å². The number of methoxy groups -OCH3 is 1. The number of benzene rings is 1. The van der Waals surface area contributed by atoms with Gasteiger partial charge in [0.25, 0.3) is 5.89 Å². The number of halogens is 1. The predicted octanol–water partition coefficient (Wildman–Crippen LogP) is 2.00. The molecule has 102 valence electrons. The number of rotatable bonds is 4. The van der Waals surface area contributed by atoms with Crippen LogP contribution in [0.5, 0.6) is 0 Å². The Labute approximate surface area is 110 Å². The van der Waals surface area contributed by atoms with Crippen LogP contribution in [0, 0.1) is 12.7 Å². The number of hydrogen-bond donors (Lipinski definition) is 1. The van der Waals surface area contributed by atoms with E-state index in [9.17, 15) is 4.39 Å². The first kappa shape index (κ1) is 13.6. The summed E-state index contributed by atoms with van der Waals surface area (Å²) >= 11 is 0. The van der Waals surface area contributed by atoms with Gasteiger partial charge in [-0.3, -0.25) is 0 Å². The Morgan fingerprint density at radius 1 is 1.47 bits per heavy atom. The van der Waals surface area contributed by atoms with E-state index in [0.29, 0.717) is 0 Å². The van der Waals surface area contributed by atoms with Crippen molar-refractivity contribution in [2.45, 2.75) is 19.4 Å². The van der Waals surface area contributed by atoms with Crippen LogP contribution in [0.15, 0.2) is 22.7 Å². The SMILES string of the molecule is COCC(C)(N)c1noc(-c2cc(C)ccc2F)n1. The lowest BCUT2D eigenvalue weighted by molar-refractivity contribution is 0.135. The molecule has 0 fully saturated rings. The van der Waals surface area contributed by atoms with Gasteiger partial charge in [-0.1, -0.05) is 16.8 Å². The lowest BCUT2D eigenvalue weighted by Crippen LogP contribution is -2.38. The highest BCUT2D eigenvalue weighted by molar-refractivity contribution is 5.55. The van der Waals surface area contributed by atoms with Crippen molar-refractivity contribution in [3.05, 3.63) is 35.4 Å². The van der Waals surface area contributed by atoms with Crippen molar-refractivity contribution in [3.63, 3.8) is 0 Å². The molecule has 1 unspecified atom stereocenters. The highest BCUT2D eigenvalue weighted by atomic mass is 19.1. The molecule has 5 nitrogen and oxygen atoms in total. The average Bonchev–Trinajstić information content (AvgIpc) is 2.82. The molecule has 1 heterocycles. The monoisotopic (exact) mass is 265 g/mol. The molecule has 0 saturated carbocycles. The van der Waals surface area contributed by atoms with Crippen molar-refractivity contribution in [1.82, 2.24) is 10.1 Å². The van der Waals surface area contributed by atoms with Gasteiger partial charge in [0.15, 0.2) is 5.82 Å². The fraction of sp³-hybridized carbons (Fsp3) is 0.385. The second kappa shape index (κ2) is 5.07. The van der Waals surface area contributed by atoms with E-state index in [1.165, 1.54) is 13.2 Å². The second-order valence-corrected chi connectivity index (χ2v) is 4.76. The van der Waals surface area contributed by atoms with Gasteiger partial charge >= 0.3 is 0 Å². The topological polar surface area (TPSA) is 74.2 Å². The van der Waals surface area contributed by atoms with Crippen molar-refractivity contribution in [2.24, 2.45) is 5.73 Å². The Bertz CT molecular complexity index is 581. The van der Waals surface area contributed by atoms with Crippen molar-refractivity contribution in [2.75, 3.05) is 13.7 Å². The van der Waals surface area contributed by atoms with Crippen molar-refractivity contribution in [3.8, 4) is 11.5 Å². The Hall–Kier alpha value is -1.79. The van der Waals surface area contributed by atoms with E-state index in [4.69, 9.17) is 15.0 Å². The number of aryl methyl sites for hydroxylation is 1. The van der Waals surface area contributed by atoms with E-state index in [0.717, 1.165) is 5.56 Å². The summed E-state index contributed by atoms with van der Waals surface area (Å²) in [4.78, 5) is 4.15. The third-order valence-corrected chi connectivity index (χ3v) is 2.73. The summed E-state index contributed by atoms with van der Waals surface area (Å²) in [6.07, 6.45) is 0. The summed E-state index contributed by atoms with van der Waals surface area (Å²) in [5.41, 5.74) is 6.30. The van der Waals surface area contributed by atoms with Crippen LogP contribution >= 0.6 is 0 Å². The predicted molar refractivity (Wildman–Crippen MR) is 67.8 cm³/mol. The van der Waals surface area contributed by atoms with Gasteiger partial charge in [0.1, 0.15) is 11.4 Å². The molecular formula is C13H16FN3O2. The molecule has 19 heavy (non-hydrogen) atoms. The van der Waals surface area contributed by atoms with E-state index < -0.39 is 11.4 Å². The standard InChI is InChI=1S/C13H16FN3O2/c1-8-4-5-10(14)9(6-8)11-16-12(17-19-11)13(2,15)7-18-3/h4-6H,7,15H2,1-3H3. The number of nitrogens with two attached hydrogens (primary N) is 1. The normalized spacial score (nSPS) is 14.4. The summed E-state index contributed by atoms with van der Waals surface area (Å²) in [6.45, 7) is 3.82. The van der Waals surface area contributed by atoms with Crippen LogP contribution < -0.4 is 5.73 Å². The molecule has 0 amide bonds. The minimum absolute atomic E-state index is 0.115. The molecule has 0 radical (unpaired) electrons. The molecule has 0 aliphatic rings. The molecule has 1 aromatic heterocycles. The fourth-order valence-electron chi connectivity index (χ4n) is 1.73. The molecule has 0 aliphatic heterocycles. The van der Waals surface area contributed by atoms with Crippen LogP contribution in [0.4, 0.5) is 4.39 Å². The molecule has 0 spiro atoms. The van der Waals surface area contributed by atoms with Gasteiger partial charge in [-0.15, -0.1) is 0 Å². The third-order valence-electron chi connectivity index (χ3n) is 2.73. The van der Waals surface area contributed by atoms with Crippen LogP contribution in [-0.2, 0) is 10.3 Å². The molecule has 0 bridgehead atoms. The zero-order chi connectivity index (χ0) is 14.0. The van der Waals surface area contributed by atoms with Crippen molar-refractivity contribution >= 4 is 0 Å². The highest BCUT2D eigenvalue weighted by Crippen LogP contribution is 2.24. The number of aromatic nitrogens is 2. The number of nitrogens with zero attached hydrogens (tertiary/aromatic N) is 2. The van der Waals surface area contributed by atoms with Crippen molar-refractivity contribution < 1.29 is 13.7 Å². The van der Waals surface area contributed by atoms with E-state index in [2.05, 4.69) is 10.1 Å². The average molecular weight is 265 g/mol. The minimum Gasteiger partial charge on any atom is -0.382 e. The van der Waals surface area contributed by atoms with Crippen LogP contribution in [-0.4, -0.2) is 23.9 Å². The van der Waals surface area contributed by atoms with Crippen LogP contribution in [0.1, 0.15) is 18.3 Å². The van der Waals surface area contributed by atoms with Crippen LogP contribution in [0.25, 0.3) is 11.5 Å². The van der Waals surface area contributed by atoms with Gasteiger partial charge in [0.2, 0.25) is 0 Å². The Balaban J connectivity index is 2.38. The first-order chi connectivity index (χ1) is 8.94. The lowest BCUT2D eigenvalue weighted by Gasteiger charge is -2.18. The van der Waals surface area contributed by atoms with E-state index in [-0.39, 0.29) is 23.9 Å². The largest absolute Gasteiger partial charge is 0.382 e. The van der Waals surface area contributed by atoms with Crippen LogP contribution in [0.2, 0.25) is 0 Å². The third kappa shape index (κ3) is 2.80. The quantitative estimate of drug-likeness (QED) is 0.915. The summed E-state index contributed by atoms with van der Waals surface area (Å²) < 4.78 is 23.8. The molecule has 2 aromatic rings. The summed E-state index contributed by atoms with van der Waals surface area (Å²) in [7, 11) is 1.53. The van der Waals surface area contributed by atoms with Gasteiger partial charge in [-0.2, -0.15) is 4.98 Å². The number of ether oxygens (including phenoxy) is 1. The fourth-order valence-corrected chi connectivity index (χ4v) is 1.73. The molecular weight excluding hydrogens is 249 g/mol. The van der Waals surface area contributed by atoms with Crippen LogP contribution in [0.3, 0.4) is 0 Å². The number of hydrogen-bond acceptors (Lipinski definition) is 5. The van der Waals surface area contributed by atoms with Gasteiger partial charge in [-0.25, -0.2) is 4.39 Å². The van der Waals surface area contributed by atoms with Gasteiger partial charge in [0, 0.05) is 7.11 Å². The second-order valence-electron chi connectivity index (χ2n) is 4.76. The molecule has 0 aliphatic carbocycles. The maximum absolute atomic E-state index is 13.7. The van der Waals surface area contributed by atoms with Crippen molar-refractivity contribution in [1.29, 1.82) is 0 Å². The summed E-state index contributed by atoms with van der Waals surface area (Å²) in [6, 6.07) is 4.69. The first-order valence-corrected chi connectivity index (χ1v) is 5.82. The minimum atomic E-state index is -0.878. The molecule has 6 heteroatoms. The molecule has 2 N–H and O–H groups in total. The lowest BCUT2D eigenvalue weighted by atomic mass is 10.1. The Morgan fingerprint density at radius 3 is 2.89 bits per heavy atom. The maximum atomic E-state index is 13.7. The highest BCUT2D eigenvalue weighted by Gasteiger charge is 2.28. The van der Waals surface area contributed by atoms with E-state index in [1.807, 2.05) is 6.92 Å². The molecule has 1 aromatic carbocycles. The zero-order valence-electron chi connectivity index (χ0n) is 11.1. The first-order valence-electron chi connectivity index (χ1n) is 5.82. The molecule has 2 rings (SSSR count). The van der Waals surface area contributed by atoms with Gasteiger partial charge < -0.3 is 15.0 Å².